The predicted octanol–water partition coefficient (Wildman–Crippen LogP) is 1.83. The number of esters is 1. The summed E-state index contributed by atoms with van der Waals surface area (Å²) in [6.07, 6.45) is 2.31. The molecule has 0 aromatic heterocycles. The first-order chi connectivity index (χ1) is 5.24. The molecule has 1 aliphatic rings. The second kappa shape index (κ2) is 4.00. The predicted molar refractivity (Wildman–Crippen MR) is 46.7 cm³/mol. The number of thioether (sulfide) groups is 1. The minimum atomic E-state index is -0.143. The van der Waals surface area contributed by atoms with Gasteiger partial charge in [-0.3, -0.25) is 4.79 Å². The molecule has 0 aromatic rings. The molecule has 0 unspecified atom stereocenters. The van der Waals surface area contributed by atoms with E-state index >= 15 is 0 Å². The Balaban J connectivity index is 2.37. The molecule has 0 aliphatic carbocycles. The molecule has 1 rings (SSSR count). The zero-order valence-corrected chi connectivity index (χ0v) is 7.82. The Kier molecular flexibility index (Phi) is 3.24. The molecule has 3 heteroatoms. The summed E-state index contributed by atoms with van der Waals surface area (Å²) in [6.45, 7) is 3.62. The average Bonchev–Trinajstić information content (AvgIpc) is 2.34. The molecule has 2 atom stereocenters. The molecular formula is C8H14O2S. The third kappa shape index (κ3) is 2.40. The number of hydrogen-bond donors (Lipinski definition) is 0. The standard InChI is InChI=1S/C8H14O2S/c1-3-8-7(4-5-11-8)10-6(2)9/h7-8H,3-5H2,1-2H3/t7-,8-/m0/s1. The molecule has 1 saturated heterocycles. The van der Waals surface area contributed by atoms with Gasteiger partial charge in [-0.25, -0.2) is 0 Å². The van der Waals surface area contributed by atoms with Crippen molar-refractivity contribution in [1.29, 1.82) is 0 Å². The van der Waals surface area contributed by atoms with Gasteiger partial charge in [0.25, 0.3) is 0 Å². The molecule has 0 radical (unpaired) electrons. The van der Waals surface area contributed by atoms with Gasteiger partial charge in [-0.05, 0) is 18.6 Å². The van der Waals surface area contributed by atoms with Crippen molar-refractivity contribution in [1.82, 2.24) is 0 Å². The molecule has 0 saturated carbocycles. The van der Waals surface area contributed by atoms with E-state index < -0.39 is 0 Å². The van der Waals surface area contributed by atoms with Crippen molar-refractivity contribution in [3.63, 3.8) is 0 Å². The van der Waals surface area contributed by atoms with Crippen molar-refractivity contribution >= 4 is 17.7 Å². The first-order valence-corrected chi connectivity index (χ1v) is 5.07. The van der Waals surface area contributed by atoms with Gasteiger partial charge in [0, 0.05) is 12.2 Å². The molecule has 64 valence electrons. The highest BCUT2D eigenvalue weighted by molar-refractivity contribution is 8.00. The SMILES string of the molecule is CC[C@@H]1SCC[C@@H]1OC(C)=O. The maximum absolute atomic E-state index is 10.6. The van der Waals surface area contributed by atoms with E-state index in [4.69, 9.17) is 4.74 Å². The quantitative estimate of drug-likeness (QED) is 0.597. The van der Waals surface area contributed by atoms with Crippen molar-refractivity contribution in [3.05, 3.63) is 0 Å². The van der Waals surface area contributed by atoms with E-state index in [2.05, 4.69) is 6.92 Å². The van der Waals surface area contributed by atoms with Gasteiger partial charge >= 0.3 is 5.97 Å². The molecule has 0 N–H and O–H groups in total. The normalized spacial score (nSPS) is 30.4. The van der Waals surface area contributed by atoms with Crippen LogP contribution in [0.4, 0.5) is 0 Å². The van der Waals surface area contributed by atoms with Crippen molar-refractivity contribution in [3.8, 4) is 0 Å². The van der Waals surface area contributed by atoms with Crippen LogP contribution in [0.3, 0.4) is 0 Å². The van der Waals surface area contributed by atoms with Crippen molar-refractivity contribution in [2.75, 3.05) is 5.75 Å². The molecular weight excluding hydrogens is 160 g/mol. The molecule has 0 aromatic carbocycles. The van der Waals surface area contributed by atoms with Crippen LogP contribution in [0.5, 0.6) is 0 Å². The summed E-state index contributed by atoms with van der Waals surface area (Å²) in [5.41, 5.74) is 0. The van der Waals surface area contributed by atoms with E-state index in [1.54, 1.807) is 0 Å². The lowest BCUT2D eigenvalue weighted by molar-refractivity contribution is -0.146. The van der Waals surface area contributed by atoms with Crippen LogP contribution in [0, 0.1) is 0 Å². The van der Waals surface area contributed by atoms with Crippen LogP contribution in [-0.2, 0) is 9.53 Å². The van der Waals surface area contributed by atoms with Crippen LogP contribution < -0.4 is 0 Å². The second-order valence-electron chi connectivity index (χ2n) is 2.75. The van der Waals surface area contributed by atoms with Crippen LogP contribution in [0.1, 0.15) is 26.7 Å². The highest BCUT2D eigenvalue weighted by atomic mass is 32.2. The Morgan fingerprint density at radius 2 is 2.45 bits per heavy atom. The first kappa shape index (κ1) is 8.91. The van der Waals surface area contributed by atoms with Gasteiger partial charge in [0.15, 0.2) is 0 Å². The first-order valence-electron chi connectivity index (χ1n) is 4.03. The van der Waals surface area contributed by atoms with Gasteiger partial charge in [0.05, 0.1) is 0 Å². The van der Waals surface area contributed by atoms with Crippen LogP contribution in [0.25, 0.3) is 0 Å². The fraction of sp³-hybridized carbons (Fsp3) is 0.875. The third-order valence-corrected chi connectivity index (χ3v) is 3.41. The Labute approximate surface area is 71.7 Å². The highest BCUT2D eigenvalue weighted by Crippen LogP contribution is 2.31. The van der Waals surface area contributed by atoms with Gasteiger partial charge in [-0.1, -0.05) is 6.92 Å². The topological polar surface area (TPSA) is 26.3 Å². The zero-order chi connectivity index (χ0) is 8.27. The highest BCUT2D eigenvalue weighted by Gasteiger charge is 2.28. The number of rotatable bonds is 2. The van der Waals surface area contributed by atoms with Gasteiger partial charge in [0.2, 0.25) is 0 Å². The number of carbonyl (C=O) groups excluding carboxylic acids is 1. The molecule has 0 spiro atoms. The van der Waals surface area contributed by atoms with E-state index in [0.717, 1.165) is 18.6 Å². The lowest BCUT2D eigenvalue weighted by Crippen LogP contribution is -2.23. The summed E-state index contributed by atoms with van der Waals surface area (Å²) in [5, 5.41) is 0.541. The maximum Gasteiger partial charge on any atom is 0.302 e. The summed E-state index contributed by atoms with van der Waals surface area (Å²) in [5.74, 6) is 0.993. The van der Waals surface area contributed by atoms with Crippen LogP contribution in [0.2, 0.25) is 0 Å². The lowest BCUT2D eigenvalue weighted by Gasteiger charge is -2.16. The Morgan fingerprint density at radius 1 is 1.73 bits per heavy atom. The maximum atomic E-state index is 10.6. The molecule has 11 heavy (non-hydrogen) atoms. The van der Waals surface area contributed by atoms with Gasteiger partial charge < -0.3 is 4.74 Å². The lowest BCUT2D eigenvalue weighted by atomic mass is 10.1. The van der Waals surface area contributed by atoms with E-state index in [-0.39, 0.29) is 12.1 Å². The van der Waals surface area contributed by atoms with Crippen molar-refractivity contribution in [2.24, 2.45) is 0 Å². The Morgan fingerprint density at radius 3 is 3.00 bits per heavy atom. The van der Waals surface area contributed by atoms with Crippen molar-refractivity contribution < 1.29 is 9.53 Å². The third-order valence-electron chi connectivity index (χ3n) is 1.87. The zero-order valence-electron chi connectivity index (χ0n) is 7.00. The average molecular weight is 174 g/mol. The minimum Gasteiger partial charge on any atom is -0.461 e. The van der Waals surface area contributed by atoms with E-state index in [9.17, 15) is 4.79 Å². The van der Waals surface area contributed by atoms with Crippen LogP contribution in [0.15, 0.2) is 0 Å². The summed E-state index contributed by atoms with van der Waals surface area (Å²) < 4.78 is 5.15. The molecule has 0 amide bonds. The Hall–Kier alpha value is -0.180. The van der Waals surface area contributed by atoms with Crippen molar-refractivity contribution in [2.45, 2.75) is 38.0 Å². The fourth-order valence-electron chi connectivity index (χ4n) is 1.36. The molecule has 1 fully saturated rings. The number of ether oxygens (including phenoxy) is 1. The largest absolute Gasteiger partial charge is 0.461 e. The van der Waals surface area contributed by atoms with Gasteiger partial charge in [-0.2, -0.15) is 11.8 Å². The molecule has 1 aliphatic heterocycles. The molecule has 1 heterocycles. The number of carbonyl (C=O) groups is 1. The van der Waals surface area contributed by atoms with E-state index in [0.29, 0.717) is 5.25 Å². The smallest absolute Gasteiger partial charge is 0.302 e. The summed E-state index contributed by atoms with van der Waals surface area (Å²) in [7, 11) is 0. The summed E-state index contributed by atoms with van der Waals surface area (Å²) >= 11 is 1.92. The Bertz CT molecular complexity index is 147. The van der Waals surface area contributed by atoms with Crippen LogP contribution in [-0.4, -0.2) is 23.1 Å². The molecule has 2 nitrogen and oxygen atoms in total. The van der Waals surface area contributed by atoms with Gasteiger partial charge in [-0.15, -0.1) is 0 Å². The second-order valence-corrected chi connectivity index (χ2v) is 4.10. The number of hydrogen-bond acceptors (Lipinski definition) is 3. The van der Waals surface area contributed by atoms with Gasteiger partial charge in [0.1, 0.15) is 6.10 Å². The van der Waals surface area contributed by atoms with E-state index in [1.807, 2.05) is 11.8 Å². The minimum absolute atomic E-state index is 0.143. The monoisotopic (exact) mass is 174 g/mol. The van der Waals surface area contributed by atoms with E-state index in [1.165, 1.54) is 6.92 Å². The summed E-state index contributed by atoms with van der Waals surface area (Å²) in [4.78, 5) is 10.6. The van der Waals surface area contributed by atoms with Crippen LogP contribution >= 0.6 is 11.8 Å². The molecule has 0 bridgehead atoms. The summed E-state index contributed by atoms with van der Waals surface area (Å²) in [6, 6.07) is 0. The fourth-order valence-corrected chi connectivity index (χ4v) is 2.67.